The van der Waals surface area contributed by atoms with Crippen LogP contribution < -0.4 is 0 Å². The summed E-state index contributed by atoms with van der Waals surface area (Å²) in [6.07, 6.45) is 3.80. The lowest BCUT2D eigenvalue weighted by Gasteiger charge is -2.19. The maximum absolute atomic E-state index is 10.5. The molecule has 0 saturated heterocycles. The average Bonchev–Trinajstić information content (AvgIpc) is 3.03. The summed E-state index contributed by atoms with van der Waals surface area (Å²) in [7, 11) is 0. The Balaban J connectivity index is 0.000000194. The summed E-state index contributed by atoms with van der Waals surface area (Å²) >= 11 is 0. The molecule has 1 atom stereocenters. The minimum atomic E-state index is 0.116. The second-order valence-electron chi connectivity index (χ2n) is 7.33. The standard InChI is InChI=1S/C14H20O.C8H7N/c1-11(10-15)9-12-5-7-13(8-6-12)14(2,3)4;1-2-4-8-7(3-1)5-6-9-8/h5-8,10-11H,9H2,1-4H3;1-6,9H. The van der Waals surface area contributed by atoms with E-state index < -0.39 is 0 Å². The molecule has 3 rings (SSSR count). The summed E-state index contributed by atoms with van der Waals surface area (Å²) in [6, 6.07) is 18.9. The van der Waals surface area contributed by atoms with Crippen LogP contribution in [0, 0.1) is 5.92 Å². The summed E-state index contributed by atoms with van der Waals surface area (Å²) in [6.45, 7) is 8.56. The molecule has 0 saturated carbocycles. The first kappa shape index (κ1) is 18.0. The molecule has 3 aromatic rings. The van der Waals surface area contributed by atoms with Crippen LogP contribution in [0.1, 0.15) is 38.8 Å². The van der Waals surface area contributed by atoms with Crippen molar-refractivity contribution < 1.29 is 4.79 Å². The fourth-order valence-corrected chi connectivity index (χ4v) is 2.56. The molecule has 0 amide bonds. The van der Waals surface area contributed by atoms with E-state index in [2.05, 4.69) is 68.2 Å². The Kier molecular flexibility index (Phi) is 5.97. The van der Waals surface area contributed by atoms with Crippen LogP contribution in [-0.2, 0) is 16.6 Å². The highest BCUT2D eigenvalue weighted by Crippen LogP contribution is 2.22. The highest BCUT2D eigenvalue weighted by atomic mass is 16.1. The summed E-state index contributed by atoms with van der Waals surface area (Å²) in [5, 5.41) is 1.28. The molecule has 0 bridgehead atoms. The molecule has 1 unspecified atom stereocenters. The van der Waals surface area contributed by atoms with E-state index in [1.165, 1.54) is 22.0 Å². The Bertz CT molecular complexity index is 732. The predicted molar refractivity (Wildman–Crippen MR) is 102 cm³/mol. The van der Waals surface area contributed by atoms with Crippen LogP contribution in [0.5, 0.6) is 0 Å². The zero-order valence-electron chi connectivity index (χ0n) is 15.0. The van der Waals surface area contributed by atoms with E-state index in [0.717, 1.165) is 12.7 Å². The van der Waals surface area contributed by atoms with Gasteiger partial charge in [0.15, 0.2) is 0 Å². The molecule has 0 aliphatic rings. The molecular formula is C22H27NO. The van der Waals surface area contributed by atoms with Gasteiger partial charge in [0.1, 0.15) is 6.29 Å². The van der Waals surface area contributed by atoms with Crippen molar-refractivity contribution in [2.45, 2.75) is 39.5 Å². The van der Waals surface area contributed by atoms with Gasteiger partial charge in [-0.05, 0) is 40.5 Å². The van der Waals surface area contributed by atoms with Gasteiger partial charge in [0.25, 0.3) is 0 Å². The lowest BCUT2D eigenvalue weighted by atomic mass is 9.86. The van der Waals surface area contributed by atoms with Crippen molar-refractivity contribution in [2.24, 2.45) is 5.92 Å². The number of H-pyrrole nitrogens is 1. The third kappa shape index (κ3) is 5.09. The zero-order chi connectivity index (χ0) is 17.6. The Hall–Kier alpha value is -2.35. The Labute approximate surface area is 144 Å². The molecule has 2 nitrogen and oxygen atoms in total. The predicted octanol–water partition coefficient (Wildman–Crippen LogP) is 5.53. The monoisotopic (exact) mass is 321 g/mol. The molecule has 0 radical (unpaired) electrons. The van der Waals surface area contributed by atoms with Gasteiger partial charge in [-0.1, -0.05) is 70.2 Å². The number of aromatic nitrogens is 1. The number of fused-ring (bicyclic) bond motifs is 1. The largest absolute Gasteiger partial charge is 0.361 e. The molecule has 0 aliphatic heterocycles. The van der Waals surface area contributed by atoms with Crippen molar-refractivity contribution in [3.63, 3.8) is 0 Å². The van der Waals surface area contributed by atoms with Crippen LogP contribution in [0.3, 0.4) is 0 Å². The maximum Gasteiger partial charge on any atom is 0.123 e. The average molecular weight is 321 g/mol. The second kappa shape index (κ2) is 7.96. The number of carbonyl (C=O) groups excluding carboxylic acids is 1. The van der Waals surface area contributed by atoms with Crippen molar-refractivity contribution in [1.29, 1.82) is 0 Å². The van der Waals surface area contributed by atoms with Crippen molar-refractivity contribution >= 4 is 17.2 Å². The SMILES string of the molecule is CC(C=O)Cc1ccc(C(C)(C)C)cc1.c1ccc2[nH]ccc2c1. The molecular weight excluding hydrogens is 294 g/mol. The van der Waals surface area contributed by atoms with Gasteiger partial charge in [-0.3, -0.25) is 0 Å². The number of benzene rings is 2. The topological polar surface area (TPSA) is 32.9 Å². The number of aldehydes is 1. The fourth-order valence-electron chi connectivity index (χ4n) is 2.56. The van der Waals surface area contributed by atoms with Gasteiger partial charge >= 0.3 is 0 Å². The molecule has 2 aromatic carbocycles. The van der Waals surface area contributed by atoms with E-state index in [1.807, 2.05) is 25.3 Å². The number of hydrogen-bond acceptors (Lipinski definition) is 1. The summed E-state index contributed by atoms with van der Waals surface area (Å²) in [5.41, 5.74) is 3.99. The normalized spacial score (nSPS) is 12.3. The van der Waals surface area contributed by atoms with Crippen LogP contribution >= 0.6 is 0 Å². The second-order valence-corrected chi connectivity index (χ2v) is 7.33. The van der Waals surface area contributed by atoms with E-state index in [9.17, 15) is 4.79 Å². The number of nitrogens with one attached hydrogen (secondary N) is 1. The summed E-state index contributed by atoms with van der Waals surface area (Å²) in [4.78, 5) is 13.7. The first-order chi connectivity index (χ1) is 11.4. The minimum Gasteiger partial charge on any atom is -0.361 e. The first-order valence-electron chi connectivity index (χ1n) is 8.47. The van der Waals surface area contributed by atoms with Gasteiger partial charge in [-0.2, -0.15) is 0 Å². The van der Waals surface area contributed by atoms with Crippen molar-refractivity contribution in [2.75, 3.05) is 0 Å². The van der Waals surface area contributed by atoms with Crippen molar-refractivity contribution in [3.05, 3.63) is 71.9 Å². The van der Waals surface area contributed by atoms with Gasteiger partial charge in [-0.15, -0.1) is 0 Å². The number of hydrogen-bond donors (Lipinski definition) is 1. The highest BCUT2D eigenvalue weighted by Gasteiger charge is 2.13. The van der Waals surface area contributed by atoms with Gasteiger partial charge in [0, 0.05) is 17.6 Å². The van der Waals surface area contributed by atoms with Crippen LogP contribution in [0.2, 0.25) is 0 Å². The van der Waals surface area contributed by atoms with E-state index in [1.54, 1.807) is 0 Å². The fraction of sp³-hybridized carbons (Fsp3) is 0.318. The van der Waals surface area contributed by atoms with E-state index in [4.69, 9.17) is 0 Å². The lowest BCUT2D eigenvalue weighted by Crippen LogP contribution is -2.11. The van der Waals surface area contributed by atoms with Gasteiger partial charge < -0.3 is 9.78 Å². The van der Waals surface area contributed by atoms with Crippen molar-refractivity contribution in [3.8, 4) is 0 Å². The quantitative estimate of drug-likeness (QED) is 0.632. The molecule has 0 fully saturated rings. The van der Waals surface area contributed by atoms with E-state index in [-0.39, 0.29) is 11.3 Å². The zero-order valence-corrected chi connectivity index (χ0v) is 15.0. The molecule has 1 heterocycles. The molecule has 1 aromatic heterocycles. The Morgan fingerprint density at radius 1 is 1.00 bits per heavy atom. The van der Waals surface area contributed by atoms with Crippen molar-refractivity contribution in [1.82, 2.24) is 4.98 Å². The summed E-state index contributed by atoms with van der Waals surface area (Å²) < 4.78 is 0. The molecule has 0 spiro atoms. The molecule has 1 N–H and O–H groups in total. The molecule has 2 heteroatoms. The van der Waals surface area contributed by atoms with Gasteiger partial charge in [-0.25, -0.2) is 0 Å². The minimum absolute atomic E-state index is 0.116. The van der Waals surface area contributed by atoms with Crippen LogP contribution in [0.4, 0.5) is 0 Å². The van der Waals surface area contributed by atoms with E-state index >= 15 is 0 Å². The smallest absolute Gasteiger partial charge is 0.123 e. The molecule has 0 aliphatic carbocycles. The third-order valence-corrected chi connectivity index (χ3v) is 4.07. The van der Waals surface area contributed by atoms with Crippen LogP contribution in [0.15, 0.2) is 60.8 Å². The number of rotatable bonds is 3. The van der Waals surface area contributed by atoms with Crippen LogP contribution in [0.25, 0.3) is 10.9 Å². The first-order valence-corrected chi connectivity index (χ1v) is 8.47. The highest BCUT2D eigenvalue weighted by molar-refractivity contribution is 5.78. The molecule has 126 valence electrons. The Morgan fingerprint density at radius 3 is 2.25 bits per heavy atom. The number of para-hydroxylation sites is 1. The summed E-state index contributed by atoms with van der Waals surface area (Å²) in [5.74, 6) is 0.116. The van der Waals surface area contributed by atoms with Gasteiger partial charge in [0.2, 0.25) is 0 Å². The van der Waals surface area contributed by atoms with E-state index in [0.29, 0.717) is 0 Å². The number of aromatic amines is 1. The molecule has 24 heavy (non-hydrogen) atoms. The lowest BCUT2D eigenvalue weighted by molar-refractivity contribution is -0.110. The van der Waals surface area contributed by atoms with Gasteiger partial charge in [0.05, 0.1) is 0 Å². The maximum atomic E-state index is 10.5. The van der Waals surface area contributed by atoms with Crippen LogP contribution in [-0.4, -0.2) is 11.3 Å². The number of carbonyl (C=O) groups is 1. The third-order valence-electron chi connectivity index (χ3n) is 4.07. The Morgan fingerprint density at radius 2 is 1.67 bits per heavy atom.